The molecule has 3 rings (SSSR count). The molecule has 22 heavy (non-hydrogen) atoms. The fraction of sp³-hybridized carbons (Fsp3) is 0.500. The average Bonchev–Trinajstić information content (AvgIpc) is 3.08. The van der Waals surface area contributed by atoms with Crippen molar-refractivity contribution in [3.8, 4) is 0 Å². The molecule has 0 aliphatic carbocycles. The van der Waals surface area contributed by atoms with Gasteiger partial charge in [-0.3, -0.25) is 4.90 Å². The number of aromatic nitrogens is 2. The Bertz CT molecular complexity index is 824. The third-order valence-corrected chi connectivity index (χ3v) is 5.63. The Kier molecular flexibility index (Phi) is 4.07. The van der Waals surface area contributed by atoms with Crippen molar-refractivity contribution in [2.24, 2.45) is 0 Å². The molecule has 1 saturated heterocycles. The number of likely N-dealkylation sites (tertiary alicyclic amines) is 1. The molecule has 0 spiro atoms. The van der Waals surface area contributed by atoms with Crippen molar-refractivity contribution in [1.29, 1.82) is 0 Å². The van der Waals surface area contributed by atoms with Crippen LogP contribution in [0.3, 0.4) is 0 Å². The summed E-state index contributed by atoms with van der Waals surface area (Å²) in [5, 5.41) is 0. The molecule has 0 radical (unpaired) electrons. The van der Waals surface area contributed by atoms with Gasteiger partial charge < -0.3 is 9.97 Å². The van der Waals surface area contributed by atoms with Gasteiger partial charge in [0.1, 0.15) is 0 Å². The van der Waals surface area contributed by atoms with Crippen molar-refractivity contribution in [2.45, 2.75) is 30.7 Å². The van der Waals surface area contributed by atoms with Crippen molar-refractivity contribution >= 4 is 21.1 Å². The lowest BCUT2D eigenvalue weighted by atomic mass is 10.2. The SMILES string of the molecule is CCN1CCC[C@H]1CNS(=O)(=O)c1ccc2[nH]c(=O)[nH]c2c1. The summed E-state index contributed by atoms with van der Waals surface area (Å²) in [4.78, 5) is 18.9. The first-order chi connectivity index (χ1) is 10.5. The summed E-state index contributed by atoms with van der Waals surface area (Å²) in [6.45, 7) is 4.46. The Morgan fingerprint density at radius 2 is 2.09 bits per heavy atom. The topological polar surface area (TPSA) is 98.1 Å². The molecule has 0 bridgehead atoms. The zero-order valence-corrected chi connectivity index (χ0v) is 13.2. The van der Waals surface area contributed by atoms with E-state index in [-0.39, 0.29) is 16.6 Å². The maximum absolute atomic E-state index is 12.4. The van der Waals surface area contributed by atoms with Gasteiger partial charge in [0, 0.05) is 12.6 Å². The van der Waals surface area contributed by atoms with Gasteiger partial charge in [-0.05, 0) is 44.1 Å². The molecule has 8 heteroatoms. The number of hydrogen-bond acceptors (Lipinski definition) is 4. The van der Waals surface area contributed by atoms with Crippen LogP contribution in [0.4, 0.5) is 0 Å². The van der Waals surface area contributed by atoms with Gasteiger partial charge in [0.25, 0.3) is 0 Å². The maximum Gasteiger partial charge on any atom is 0.323 e. The van der Waals surface area contributed by atoms with Crippen LogP contribution in [0.15, 0.2) is 27.9 Å². The van der Waals surface area contributed by atoms with Crippen LogP contribution < -0.4 is 10.4 Å². The van der Waals surface area contributed by atoms with Crippen LogP contribution in [0.1, 0.15) is 19.8 Å². The van der Waals surface area contributed by atoms with Gasteiger partial charge in [-0.25, -0.2) is 17.9 Å². The molecule has 0 saturated carbocycles. The van der Waals surface area contributed by atoms with Crippen LogP contribution in [0.5, 0.6) is 0 Å². The lowest BCUT2D eigenvalue weighted by molar-refractivity contribution is 0.268. The third-order valence-electron chi connectivity index (χ3n) is 4.21. The maximum atomic E-state index is 12.4. The van der Waals surface area contributed by atoms with Crippen LogP contribution in [-0.2, 0) is 10.0 Å². The number of imidazole rings is 1. The summed E-state index contributed by atoms with van der Waals surface area (Å²) < 4.78 is 27.5. The van der Waals surface area contributed by atoms with Crippen molar-refractivity contribution in [2.75, 3.05) is 19.6 Å². The normalized spacial score (nSPS) is 20.0. The van der Waals surface area contributed by atoms with Gasteiger partial charge in [0.05, 0.1) is 15.9 Å². The van der Waals surface area contributed by atoms with Crippen LogP contribution in [0, 0.1) is 0 Å². The number of benzene rings is 1. The van der Waals surface area contributed by atoms with E-state index in [1.165, 1.54) is 12.1 Å². The van der Waals surface area contributed by atoms with Gasteiger partial charge in [-0.15, -0.1) is 0 Å². The third kappa shape index (κ3) is 2.94. The van der Waals surface area contributed by atoms with Gasteiger partial charge in [-0.1, -0.05) is 6.92 Å². The van der Waals surface area contributed by atoms with Crippen LogP contribution >= 0.6 is 0 Å². The second kappa shape index (κ2) is 5.86. The van der Waals surface area contributed by atoms with Gasteiger partial charge in [0.2, 0.25) is 10.0 Å². The van der Waals surface area contributed by atoms with Gasteiger partial charge in [0.15, 0.2) is 0 Å². The van der Waals surface area contributed by atoms with Crippen LogP contribution in [0.2, 0.25) is 0 Å². The van der Waals surface area contributed by atoms with E-state index in [0.717, 1.165) is 25.9 Å². The first-order valence-electron chi connectivity index (χ1n) is 7.45. The Balaban J connectivity index is 1.77. The minimum Gasteiger partial charge on any atom is -0.306 e. The van der Waals surface area contributed by atoms with Crippen LogP contribution in [0.25, 0.3) is 11.0 Å². The van der Waals surface area contributed by atoms with E-state index in [9.17, 15) is 13.2 Å². The van der Waals surface area contributed by atoms with E-state index in [1.807, 2.05) is 0 Å². The molecule has 0 amide bonds. The number of rotatable bonds is 5. The standard InChI is InChI=1S/C14H20N4O3S/c1-2-18-7-3-4-10(18)9-15-22(20,21)11-5-6-12-13(8-11)17-14(19)16-12/h5-6,8,10,15H,2-4,7,9H2,1H3,(H2,16,17,19)/t10-/m0/s1. The largest absolute Gasteiger partial charge is 0.323 e. The number of likely N-dealkylation sites (N-methyl/N-ethyl adjacent to an activating group) is 1. The molecule has 7 nitrogen and oxygen atoms in total. The number of H-pyrrole nitrogens is 2. The molecule has 3 N–H and O–H groups in total. The summed E-state index contributed by atoms with van der Waals surface area (Å²) in [5.74, 6) is 0. The quantitative estimate of drug-likeness (QED) is 0.751. The predicted molar refractivity (Wildman–Crippen MR) is 84.4 cm³/mol. The molecular formula is C14H20N4O3S. The number of hydrogen-bond donors (Lipinski definition) is 3. The van der Waals surface area contributed by atoms with E-state index in [1.54, 1.807) is 6.07 Å². The highest BCUT2D eigenvalue weighted by molar-refractivity contribution is 7.89. The number of fused-ring (bicyclic) bond motifs is 1. The molecule has 1 atom stereocenters. The molecule has 120 valence electrons. The first-order valence-corrected chi connectivity index (χ1v) is 8.93. The summed E-state index contributed by atoms with van der Waals surface area (Å²) in [5.41, 5.74) is 0.739. The Morgan fingerprint density at radius 1 is 1.32 bits per heavy atom. The number of sulfonamides is 1. The predicted octanol–water partition coefficient (Wildman–Crippen LogP) is 0.619. The molecule has 0 unspecified atom stereocenters. The molecule has 1 aliphatic rings. The molecular weight excluding hydrogens is 304 g/mol. The van der Waals surface area contributed by atoms with E-state index in [0.29, 0.717) is 17.6 Å². The lowest BCUT2D eigenvalue weighted by Crippen LogP contribution is -2.39. The fourth-order valence-electron chi connectivity index (χ4n) is 3.01. The van der Waals surface area contributed by atoms with Crippen molar-refractivity contribution < 1.29 is 8.42 Å². The lowest BCUT2D eigenvalue weighted by Gasteiger charge is -2.22. The summed E-state index contributed by atoms with van der Waals surface area (Å²) >= 11 is 0. The number of aromatic amines is 2. The zero-order chi connectivity index (χ0) is 15.7. The minimum atomic E-state index is -3.57. The second-order valence-corrected chi connectivity index (χ2v) is 7.33. The average molecular weight is 324 g/mol. The van der Waals surface area contributed by atoms with Crippen LogP contribution in [-0.4, -0.2) is 49.0 Å². The van der Waals surface area contributed by atoms with E-state index in [2.05, 4.69) is 26.5 Å². The second-order valence-electron chi connectivity index (χ2n) is 5.56. The summed E-state index contributed by atoms with van der Waals surface area (Å²) in [6.07, 6.45) is 2.12. The number of nitrogens with zero attached hydrogens (tertiary/aromatic N) is 1. The monoisotopic (exact) mass is 324 g/mol. The smallest absolute Gasteiger partial charge is 0.306 e. The fourth-order valence-corrected chi connectivity index (χ4v) is 4.11. The van der Waals surface area contributed by atoms with Crippen molar-refractivity contribution in [1.82, 2.24) is 19.6 Å². The summed E-state index contributed by atoms with van der Waals surface area (Å²) in [6, 6.07) is 4.83. The zero-order valence-electron chi connectivity index (χ0n) is 12.4. The Hall–Kier alpha value is -1.64. The molecule has 2 heterocycles. The van der Waals surface area contributed by atoms with Gasteiger partial charge >= 0.3 is 5.69 Å². The molecule has 1 fully saturated rings. The summed E-state index contributed by atoms with van der Waals surface area (Å²) in [7, 11) is -3.57. The van der Waals surface area contributed by atoms with E-state index >= 15 is 0 Å². The minimum absolute atomic E-state index is 0.163. The Labute approximate surface area is 128 Å². The molecule has 2 aromatic rings. The highest BCUT2D eigenvalue weighted by Crippen LogP contribution is 2.18. The number of nitrogens with one attached hydrogen (secondary N) is 3. The van der Waals surface area contributed by atoms with Gasteiger partial charge in [-0.2, -0.15) is 0 Å². The highest BCUT2D eigenvalue weighted by Gasteiger charge is 2.25. The molecule has 1 aliphatic heterocycles. The molecule has 1 aromatic carbocycles. The Morgan fingerprint density at radius 3 is 2.86 bits per heavy atom. The van der Waals surface area contributed by atoms with E-state index < -0.39 is 10.0 Å². The highest BCUT2D eigenvalue weighted by atomic mass is 32.2. The molecule has 1 aromatic heterocycles. The van der Waals surface area contributed by atoms with Crippen molar-refractivity contribution in [3.63, 3.8) is 0 Å². The van der Waals surface area contributed by atoms with Crippen molar-refractivity contribution in [3.05, 3.63) is 28.7 Å². The first kappa shape index (κ1) is 15.3. The van der Waals surface area contributed by atoms with E-state index in [4.69, 9.17) is 0 Å².